The van der Waals surface area contributed by atoms with Crippen LogP contribution in [0.5, 0.6) is 0 Å². The summed E-state index contributed by atoms with van der Waals surface area (Å²) in [4.78, 5) is 12.3. The van der Waals surface area contributed by atoms with Crippen molar-refractivity contribution in [3.63, 3.8) is 0 Å². The first-order valence-electron chi connectivity index (χ1n) is 5.45. The predicted octanol–water partition coefficient (Wildman–Crippen LogP) is 3.10. The molecule has 3 nitrogen and oxygen atoms in total. The van der Waals surface area contributed by atoms with Crippen LogP contribution in [-0.2, 0) is 6.54 Å². The van der Waals surface area contributed by atoms with Crippen molar-refractivity contribution in [3.05, 3.63) is 52.3 Å². The Morgan fingerprint density at radius 1 is 1.41 bits per heavy atom. The van der Waals surface area contributed by atoms with Crippen molar-refractivity contribution in [2.45, 2.75) is 20.4 Å². The van der Waals surface area contributed by atoms with E-state index in [-0.39, 0.29) is 5.78 Å². The van der Waals surface area contributed by atoms with Crippen LogP contribution in [0, 0.1) is 6.92 Å². The molecule has 1 heterocycles. The van der Waals surface area contributed by atoms with Crippen molar-refractivity contribution in [2.24, 2.45) is 0 Å². The van der Waals surface area contributed by atoms with Crippen molar-refractivity contribution in [2.75, 3.05) is 0 Å². The van der Waals surface area contributed by atoms with Gasteiger partial charge < -0.3 is 0 Å². The molecule has 0 aliphatic carbocycles. The fourth-order valence-corrected chi connectivity index (χ4v) is 2.08. The molecule has 88 valence electrons. The number of hydrogen-bond acceptors (Lipinski definition) is 2. The number of carbonyl (C=O) groups is 1. The van der Waals surface area contributed by atoms with E-state index < -0.39 is 0 Å². The van der Waals surface area contributed by atoms with E-state index in [1.165, 1.54) is 0 Å². The highest BCUT2D eigenvalue weighted by molar-refractivity contribution is 6.31. The van der Waals surface area contributed by atoms with Crippen LogP contribution < -0.4 is 0 Å². The third-order valence-electron chi connectivity index (χ3n) is 2.55. The topological polar surface area (TPSA) is 34.9 Å². The molecule has 2 rings (SSSR count). The van der Waals surface area contributed by atoms with E-state index in [2.05, 4.69) is 5.10 Å². The van der Waals surface area contributed by atoms with Gasteiger partial charge in [-0.2, -0.15) is 5.10 Å². The average Bonchev–Trinajstić information content (AvgIpc) is 2.74. The zero-order valence-electron chi connectivity index (χ0n) is 9.77. The van der Waals surface area contributed by atoms with Crippen LogP contribution >= 0.6 is 11.6 Å². The largest absolute Gasteiger partial charge is 0.287 e. The number of aryl methyl sites for hydroxylation is 2. The lowest BCUT2D eigenvalue weighted by Gasteiger charge is -2.05. The van der Waals surface area contributed by atoms with Crippen molar-refractivity contribution in [3.8, 4) is 0 Å². The summed E-state index contributed by atoms with van der Waals surface area (Å²) in [5.74, 6) is -0.0463. The van der Waals surface area contributed by atoms with Gasteiger partial charge in [0.15, 0.2) is 0 Å². The number of rotatable bonds is 3. The molecule has 0 saturated carbocycles. The third kappa shape index (κ3) is 2.39. The molecule has 0 aliphatic rings. The number of aromatic nitrogens is 2. The summed E-state index contributed by atoms with van der Waals surface area (Å²) in [6.45, 7) is 4.54. The average molecular weight is 249 g/mol. The molecule has 0 atom stereocenters. The van der Waals surface area contributed by atoms with Crippen LogP contribution in [-0.4, -0.2) is 15.6 Å². The van der Waals surface area contributed by atoms with Crippen LogP contribution in [0.25, 0.3) is 0 Å². The van der Waals surface area contributed by atoms with Gasteiger partial charge in [-0.3, -0.25) is 9.48 Å². The van der Waals surface area contributed by atoms with Crippen LogP contribution in [0.4, 0.5) is 0 Å². The number of benzene rings is 1. The molecule has 0 N–H and O–H groups in total. The van der Waals surface area contributed by atoms with Gasteiger partial charge in [0.2, 0.25) is 5.78 Å². The van der Waals surface area contributed by atoms with Crippen LogP contribution in [0.3, 0.4) is 0 Å². The zero-order valence-corrected chi connectivity index (χ0v) is 10.5. The highest BCUT2D eigenvalue weighted by Crippen LogP contribution is 2.17. The van der Waals surface area contributed by atoms with E-state index in [1.54, 1.807) is 23.0 Å². The highest BCUT2D eigenvalue weighted by atomic mass is 35.5. The van der Waals surface area contributed by atoms with Gasteiger partial charge in [0, 0.05) is 23.3 Å². The highest BCUT2D eigenvalue weighted by Gasteiger charge is 2.14. The number of hydrogen-bond donors (Lipinski definition) is 0. The molecule has 0 saturated heterocycles. The van der Waals surface area contributed by atoms with Gasteiger partial charge in [-0.1, -0.05) is 11.6 Å². The lowest BCUT2D eigenvalue weighted by atomic mass is 10.1. The Hall–Kier alpha value is -1.61. The third-order valence-corrected chi connectivity index (χ3v) is 2.77. The van der Waals surface area contributed by atoms with Crippen molar-refractivity contribution >= 4 is 17.4 Å². The molecule has 0 amide bonds. The Morgan fingerprint density at radius 3 is 2.82 bits per heavy atom. The summed E-state index contributed by atoms with van der Waals surface area (Å²) < 4.78 is 1.68. The molecule has 0 bridgehead atoms. The first-order valence-corrected chi connectivity index (χ1v) is 5.83. The maximum atomic E-state index is 12.3. The Kier molecular flexibility index (Phi) is 3.29. The first kappa shape index (κ1) is 11.9. The van der Waals surface area contributed by atoms with Crippen molar-refractivity contribution in [1.82, 2.24) is 9.78 Å². The fourth-order valence-electron chi connectivity index (χ4n) is 1.79. The van der Waals surface area contributed by atoms with E-state index in [4.69, 9.17) is 11.6 Å². The second-order valence-corrected chi connectivity index (χ2v) is 4.32. The fraction of sp³-hybridized carbons (Fsp3) is 0.231. The van der Waals surface area contributed by atoms with Crippen molar-refractivity contribution in [1.29, 1.82) is 0 Å². The molecule has 1 aromatic heterocycles. The van der Waals surface area contributed by atoms with Crippen LogP contribution in [0.2, 0.25) is 5.02 Å². The van der Waals surface area contributed by atoms with Gasteiger partial charge in [0.25, 0.3) is 0 Å². The van der Waals surface area contributed by atoms with E-state index >= 15 is 0 Å². The summed E-state index contributed by atoms with van der Waals surface area (Å²) in [5, 5.41) is 4.67. The lowest BCUT2D eigenvalue weighted by Crippen LogP contribution is -2.10. The maximum Gasteiger partial charge on any atom is 0.211 e. The standard InChI is InChI=1S/C13H13ClN2O/c1-3-16-12(4-5-15-16)13(17)10-6-9(2)7-11(14)8-10/h4-8H,3H2,1-2H3. The molecule has 0 unspecified atom stereocenters. The molecule has 0 radical (unpaired) electrons. The summed E-state index contributed by atoms with van der Waals surface area (Å²) in [6, 6.07) is 7.07. The summed E-state index contributed by atoms with van der Waals surface area (Å²) in [5.41, 5.74) is 2.17. The molecule has 0 spiro atoms. The molecular formula is C13H13ClN2O. The van der Waals surface area contributed by atoms with Crippen LogP contribution in [0.1, 0.15) is 28.5 Å². The molecule has 0 fully saturated rings. The monoisotopic (exact) mass is 248 g/mol. The van der Waals surface area contributed by atoms with Gasteiger partial charge >= 0.3 is 0 Å². The number of ketones is 1. The lowest BCUT2D eigenvalue weighted by molar-refractivity contribution is 0.102. The Bertz CT molecular complexity index is 540. The number of carbonyl (C=O) groups excluding carboxylic acids is 1. The Morgan fingerprint density at radius 2 is 2.18 bits per heavy atom. The summed E-state index contributed by atoms with van der Waals surface area (Å²) in [6.07, 6.45) is 1.63. The smallest absolute Gasteiger partial charge is 0.211 e. The second kappa shape index (κ2) is 4.72. The minimum absolute atomic E-state index is 0.0463. The van der Waals surface area contributed by atoms with Gasteiger partial charge in [-0.05, 0) is 43.7 Å². The van der Waals surface area contributed by atoms with E-state index in [1.807, 2.05) is 26.0 Å². The molecule has 17 heavy (non-hydrogen) atoms. The number of nitrogens with zero attached hydrogens (tertiary/aromatic N) is 2. The van der Waals surface area contributed by atoms with Gasteiger partial charge in [0.05, 0.1) is 0 Å². The van der Waals surface area contributed by atoms with E-state index in [0.29, 0.717) is 22.8 Å². The molecule has 2 aromatic rings. The first-order chi connectivity index (χ1) is 8.11. The zero-order chi connectivity index (χ0) is 12.4. The Balaban J connectivity index is 2.43. The maximum absolute atomic E-state index is 12.3. The Labute approximate surface area is 105 Å². The summed E-state index contributed by atoms with van der Waals surface area (Å²) >= 11 is 5.95. The predicted molar refractivity (Wildman–Crippen MR) is 67.5 cm³/mol. The summed E-state index contributed by atoms with van der Waals surface area (Å²) in [7, 11) is 0. The molecule has 1 aromatic carbocycles. The minimum atomic E-state index is -0.0463. The second-order valence-electron chi connectivity index (χ2n) is 3.88. The molecular weight excluding hydrogens is 236 g/mol. The van der Waals surface area contributed by atoms with Crippen molar-refractivity contribution < 1.29 is 4.79 Å². The quantitative estimate of drug-likeness (QED) is 0.783. The van der Waals surface area contributed by atoms with Crippen LogP contribution in [0.15, 0.2) is 30.5 Å². The van der Waals surface area contributed by atoms with Gasteiger partial charge in [-0.25, -0.2) is 0 Å². The van der Waals surface area contributed by atoms with Gasteiger partial charge in [0.1, 0.15) is 5.69 Å². The molecule has 4 heteroatoms. The normalized spacial score (nSPS) is 10.5. The minimum Gasteiger partial charge on any atom is -0.287 e. The van der Waals surface area contributed by atoms with E-state index in [0.717, 1.165) is 5.56 Å². The number of halogens is 1. The SMILES string of the molecule is CCn1nccc1C(=O)c1cc(C)cc(Cl)c1. The van der Waals surface area contributed by atoms with Gasteiger partial charge in [-0.15, -0.1) is 0 Å². The molecule has 0 aliphatic heterocycles. The van der Waals surface area contributed by atoms with E-state index in [9.17, 15) is 4.79 Å².